The van der Waals surface area contributed by atoms with Crippen LogP contribution in [0.15, 0.2) is 54.7 Å². The van der Waals surface area contributed by atoms with Crippen molar-refractivity contribution in [3.8, 4) is 11.3 Å². The fourth-order valence-electron chi connectivity index (χ4n) is 4.01. The minimum absolute atomic E-state index is 0.280. The maximum Gasteiger partial charge on any atom is 0.490 e. The Labute approximate surface area is 222 Å². The zero-order valence-electron chi connectivity index (χ0n) is 20.8. The Morgan fingerprint density at radius 3 is 2.03 bits per heavy atom. The number of nitrogens with zero attached hydrogens (tertiary/aromatic N) is 4. The highest BCUT2D eigenvalue weighted by molar-refractivity contribution is 5.73. The molecule has 2 fully saturated rings. The number of aromatic nitrogens is 2. The normalized spacial score (nSPS) is 15.8. The first-order valence-corrected chi connectivity index (χ1v) is 12.2. The summed E-state index contributed by atoms with van der Waals surface area (Å²) in [6, 6.07) is 15.9. The third-order valence-corrected chi connectivity index (χ3v) is 5.98. The Hall–Kier alpha value is -3.97. The van der Waals surface area contributed by atoms with Gasteiger partial charge in [0.15, 0.2) is 5.82 Å². The summed E-state index contributed by atoms with van der Waals surface area (Å²) in [5.41, 5.74) is 4.04. The zero-order valence-corrected chi connectivity index (χ0v) is 20.8. The van der Waals surface area contributed by atoms with Gasteiger partial charge in [0, 0.05) is 48.8 Å². The van der Waals surface area contributed by atoms with Crippen LogP contribution in [0, 0.1) is 5.82 Å². The van der Waals surface area contributed by atoms with E-state index in [1.807, 2.05) is 36.4 Å². The fraction of sp³-hybridized carbons (Fsp3) is 0.346. The van der Waals surface area contributed by atoms with Crippen LogP contribution in [0.4, 0.5) is 40.6 Å². The molecule has 0 atom stereocenters. The molecule has 1 aromatic heterocycles. The lowest BCUT2D eigenvalue weighted by molar-refractivity contribution is -0.192. The van der Waals surface area contributed by atoms with Gasteiger partial charge in [-0.2, -0.15) is 13.2 Å². The van der Waals surface area contributed by atoms with E-state index in [4.69, 9.17) is 19.4 Å². The summed E-state index contributed by atoms with van der Waals surface area (Å²) in [5, 5.41) is 10.3. The molecule has 39 heavy (non-hydrogen) atoms. The molecule has 0 radical (unpaired) electrons. The van der Waals surface area contributed by atoms with Crippen molar-refractivity contribution in [3.63, 3.8) is 0 Å². The van der Waals surface area contributed by atoms with Crippen molar-refractivity contribution in [2.24, 2.45) is 0 Å². The van der Waals surface area contributed by atoms with Gasteiger partial charge in [0.2, 0.25) is 5.95 Å². The van der Waals surface area contributed by atoms with Crippen molar-refractivity contribution >= 4 is 29.0 Å². The molecule has 2 saturated heterocycles. The van der Waals surface area contributed by atoms with E-state index in [9.17, 15) is 17.6 Å². The molecule has 3 heterocycles. The monoisotopic (exact) mass is 549 g/mol. The van der Waals surface area contributed by atoms with Gasteiger partial charge in [0.1, 0.15) is 5.69 Å². The summed E-state index contributed by atoms with van der Waals surface area (Å²) < 4.78 is 57.2. The fourth-order valence-corrected chi connectivity index (χ4v) is 4.01. The SMILES string of the molecule is Fc1cnc(Nc2ccc(N3CCOCC3)cc2)nc1-c1cccc(N2CCOCC2)c1.O=C(O)C(F)(F)F. The maximum atomic E-state index is 14.6. The van der Waals surface area contributed by atoms with Crippen LogP contribution < -0.4 is 15.1 Å². The Balaban J connectivity index is 0.000000448. The number of carbonyl (C=O) groups is 1. The Kier molecular flexibility index (Phi) is 9.15. The van der Waals surface area contributed by atoms with Crippen LogP contribution >= 0.6 is 0 Å². The molecule has 0 amide bonds. The lowest BCUT2D eigenvalue weighted by Crippen LogP contribution is -2.36. The molecule has 0 unspecified atom stereocenters. The second-order valence-electron chi connectivity index (χ2n) is 8.61. The van der Waals surface area contributed by atoms with E-state index in [-0.39, 0.29) is 5.69 Å². The number of hydrogen-bond donors (Lipinski definition) is 2. The van der Waals surface area contributed by atoms with Crippen molar-refractivity contribution in [2.75, 3.05) is 67.7 Å². The standard InChI is InChI=1S/C24H26FN5O2.C2HF3O2/c25-22-17-26-24(27-19-4-6-20(7-5-19)29-8-12-31-13-9-29)28-23(22)18-2-1-3-21(16-18)30-10-14-32-15-11-30;3-2(4,5)1(6)7/h1-7,16-17H,8-15H2,(H,26,27,28);(H,6,7). The first-order valence-electron chi connectivity index (χ1n) is 12.2. The number of nitrogens with one attached hydrogen (secondary N) is 1. The van der Waals surface area contributed by atoms with Gasteiger partial charge < -0.3 is 29.7 Å². The molecule has 2 N–H and O–H groups in total. The second-order valence-corrected chi connectivity index (χ2v) is 8.61. The van der Waals surface area contributed by atoms with Crippen molar-refractivity contribution in [2.45, 2.75) is 6.18 Å². The summed E-state index contributed by atoms with van der Waals surface area (Å²) >= 11 is 0. The average Bonchev–Trinajstić information content (AvgIpc) is 2.95. The Morgan fingerprint density at radius 2 is 1.46 bits per heavy atom. The Morgan fingerprint density at radius 1 is 0.897 bits per heavy atom. The van der Waals surface area contributed by atoms with Gasteiger partial charge in [0.05, 0.1) is 32.6 Å². The van der Waals surface area contributed by atoms with Crippen LogP contribution in [0.5, 0.6) is 0 Å². The number of hydrogen-bond acceptors (Lipinski definition) is 8. The molecular weight excluding hydrogens is 522 g/mol. The zero-order chi connectivity index (χ0) is 27.8. The maximum absolute atomic E-state index is 14.6. The van der Waals surface area contributed by atoms with Gasteiger partial charge in [-0.15, -0.1) is 0 Å². The lowest BCUT2D eigenvalue weighted by Gasteiger charge is -2.29. The highest BCUT2D eigenvalue weighted by atomic mass is 19.4. The molecule has 0 spiro atoms. The summed E-state index contributed by atoms with van der Waals surface area (Å²) in [7, 11) is 0. The molecule has 3 aromatic rings. The van der Waals surface area contributed by atoms with E-state index >= 15 is 0 Å². The number of benzene rings is 2. The molecule has 2 aliphatic heterocycles. The number of anilines is 4. The van der Waals surface area contributed by atoms with Crippen molar-refractivity contribution < 1.29 is 36.9 Å². The number of alkyl halides is 3. The van der Waals surface area contributed by atoms with E-state index in [1.54, 1.807) is 0 Å². The number of morpholine rings is 2. The summed E-state index contributed by atoms with van der Waals surface area (Å²) in [4.78, 5) is 22.0. The van der Waals surface area contributed by atoms with Gasteiger partial charge in [-0.25, -0.2) is 19.2 Å². The predicted octanol–water partition coefficient (Wildman–Crippen LogP) is 4.33. The molecule has 5 rings (SSSR count). The van der Waals surface area contributed by atoms with Crippen LogP contribution in [0.1, 0.15) is 0 Å². The van der Waals surface area contributed by atoms with Gasteiger partial charge in [-0.05, 0) is 36.4 Å². The van der Waals surface area contributed by atoms with Crippen LogP contribution in [-0.4, -0.2) is 79.8 Å². The van der Waals surface area contributed by atoms with E-state index in [1.165, 1.54) is 6.20 Å². The van der Waals surface area contributed by atoms with Gasteiger partial charge in [0.25, 0.3) is 0 Å². The topological polar surface area (TPSA) is 100 Å². The van der Waals surface area contributed by atoms with Crippen LogP contribution in [0.25, 0.3) is 11.3 Å². The van der Waals surface area contributed by atoms with Crippen LogP contribution in [-0.2, 0) is 14.3 Å². The predicted molar refractivity (Wildman–Crippen MR) is 137 cm³/mol. The average molecular weight is 550 g/mol. The number of carboxylic acid groups (broad SMARTS) is 1. The van der Waals surface area contributed by atoms with Gasteiger partial charge >= 0.3 is 12.1 Å². The molecule has 2 aromatic carbocycles. The van der Waals surface area contributed by atoms with Crippen molar-refractivity contribution in [3.05, 3.63) is 60.5 Å². The first kappa shape index (κ1) is 28.0. The van der Waals surface area contributed by atoms with E-state index < -0.39 is 18.0 Å². The summed E-state index contributed by atoms with van der Waals surface area (Å²) in [5.74, 6) is -2.85. The first-order chi connectivity index (χ1) is 18.7. The van der Waals surface area contributed by atoms with E-state index in [0.29, 0.717) is 19.2 Å². The van der Waals surface area contributed by atoms with Crippen molar-refractivity contribution in [1.82, 2.24) is 9.97 Å². The molecule has 9 nitrogen and oxygen atoms in total. The second kappa shape index (κ2) is 12.7. The number of rotatable bonds is 5. The number of carboxylic acids is 1. The highest BCUT2D eigenvalue weighted by Gasteiger charge is 2.38. The lowest BCUT2D eigenvalue weighted by atomic mass is 10.1. The molecule has 208 valence electrons. The van der Waals surface area contributed by atoms with Gasteiger partial charge in [-0.1, -0.05) is 12.1 Å². The van der Waals surface area contributed by atoms with Gasteiger partial charge in [-0.3, -0.25) is 0 Å². The molecule has 0 bridgehead atoms. The van der Waals surface area contributed by atoms with E-state index in [0.717, 1.165) is 62.0 Å². The van der Waals surface area contributed by atoms with Crippen LogP contribution in [0.3, 0.4) is 0 Å². The highest BCUT2D eigenvalue weighted by Crippen LogP contribution is 2.27. The third kappa shape index (κ3) is 7.77. The molecule has 2 aliphatic rings. The minimum Gasteiger partial charge on any atom is -0.475 e. The molecular formula is C26H27F4N5O4. The molecule has 0 aliphatic carbocycles. The number of aliphatic carboxylic acids is 1. The largest absolute Gasteiger partial charge is 0.490 e. The number of ether oxygens (including phenoxy) is 2. The van der Waals surface area contributed by atoms with Crippen LogP contribution in [0.2, 0.25) is 0 Å². The molecule has 13 heteroatoms. The van der Waals surface area contributed by atoms with Crippen molar-refractivity contribution in [1.29, 1.82) is 0 Å². The number of halogens is 4. The summed E-state index contributed by atoms with van der Waals surface area (Å²) in [6.45, 7) is 6.32. The smallest absolute Gasteiger partial charge is 0.475 e. The van der Waals surface area contributed by atoms with E-state index in [2.05, 4.69) is 37.2 Å². The minimum atomic E-state index is -5.08. The summed E-state index contributed by atoms with van der Waals surface area (Å²) in [6.07, 6.45) is -3.87. The quantitative estimate of drug-likeness (QED) is 0.451. The molecule has 0 saturated carbocycles. The Bertz CT molecular complexity index is 1250. The third-order valence-electron chi connectivity index (χ3n) is 5.98.